The van der Waals surface area contributed by atoms with Crippen molar-refractivity contribution in [2.24, 2.45) is 5.92 Å². The van der Waals surface area contributed by atoms with Crippen molar-refractivity contribution >= 4 is 27.5 Å². The van der Waals surface area contributed by atoms with Gasteiger partial charge in [0.25, 0.3) is 0 Å². The second-order valence-corrected chi connectivity index (χ2v) is 11.9. The lowest BCUT2D eigenvalue weighted by Gasteiger charge is -2.30. The molecule has 7 nitrogen and oxygen atoms in total. The molecule has 0 aliphatic carbocycles. The van der Waals surface area contributed by atoms with Gasteiger partial charge in [0.1, 0.15) is 6.04 Å². The highest BCUT2D eigenvalue weighted by atomic mass is 32.2. The molecule has 8 heteroatoms. The summed E-state index contributed by atoms with van der Waals surface area (Å²) in [6.07, 6.45) is 1.65. The van der Waals surface area contributed by atoms with Crippen molar-refractivity contribution in [3.8, 4) is 0 Å². The summed E-state index contributed by atoms with van der Waals surface area (Å²) >= 11 is 0. The Kier molecular flexibility index (Phi) is 10.5. The van der Waals surface area contributed by atoms with Crippen LogP contribution in [-0.2, 0) is 26.2 Å². The first-order valence-corrected chi connectivity index (χ1v) is 14.3. The third kappa shape index (κ3) is 8.36. The van der Waals surface area contributed by atoms with Crippen LogP contribution in [-0.4, -0.2) is 50.5 Å². The molecule has 2 amide bonds. The van der Waals surface area contributed by atoms with Crippen LogP contribution in [0, 0.1) is 26.7 Å². The normalized spacial score (nSPS) is 12.3. The Labute approximate surface area is 216 Å². The molecular formula is C28H41N3O4S. The summed E-state index contributed by atoms with van der Waals surface area (Å²) in [7, 11) is -3.53. The van der Waals surface area contributed by atoms with Crippen molar-refractivity contribution in [1.82, 2.24) is 10.2 Å². The standard InChI is InChI=1S/C28H41N3O4S/c1-20(2)18-29-28(33)24(6)30(19-25-15-13-21(3)14-16-25)27(32)12-9-17-31(36(7,34)35)26-11-8-10-22(4)23(26)5/h8,10-11,13-16,20,24H,9,12,17-19H2,1-7H3,(H,29,33)/t24-/m0/s1. The van der Waals surface area contributed by atoms with E-state index in [1.165, 1.54) is 10.6 Å². The van der Waals surface area contributed by atoms with Crippen LogP contribution < -0.4 is 9.62 Å². The maximum absolute atomic E-state index is 13.4. The van der Waals surface area contributed by atoms with Crippen molar-refractivity contribution in [2.75, 3.05) is 23.7 Å². The van der Waals surface area contributed by atoms with Crippen LogP contribution in [0.5, 0.6) is 0 Å². The van der Waals surface area contributed by atoms with Gasteiger partial charge < -0.3 is 10.2 Å². The van der Waals surface area contributed by atoms with Crippen molar-refractivity contribution < 1.29 is 18.0 Å². The summed E-state index contributed by atoms with van der Waals surface area (Å²) in [5.74, 6) is -0.0797. The van der Waals surface area contributed by atoms with E-state index in [1.807, 2.05) is 71.0 Å². The lowest BCUT2D eigenvalue weighted by molar-refractivity contribution is -0.140. The highest BCUT2D eigenvalue weighted by Gasteiger charge is 2.27. The van der Waals surface area contributed by atoms with Crippen LogP contribution in [0.3, 0.4) is 0 Å². The molecule has 0 aromatic heterocycles. The number of carbonyl (C=O) groups excluding carboxylic acids is 2. The number of amides is 2. The molecule has 0 bridgehead atoms. The zero-order valence-corrected chi connectivity index (χ0v) is 23.5. The maximum atomic E-state index is 13.4. The van der Waals surface area contributed by atoms with E-state index in [0.29, 0.717) is 31.1 Å². The number of hydrogen-bond acceptors (Lipinski definition) is 4. The van der Waals surface area contributed by atoms with Gasteiger partial charge in [0, 0.05) is 26.1 Å². The maximum Gasteiger partial charge on any atom is 0.242 e. The molecule has 36 heavy (non-hydrogen) atoms. The first kappa shape index (κ1) is 29.4. The van der Waals surface area contributed by atoms with Gasteiger partial charge in [0.05, 0.1) is 11.9 Å². The largest absolute Gasteiger partial charge is 0.354 e. The summed E-state index contributed by atoms with van der Waals surface area (Å²) < 4.78 is 26.5. The number of hydrogen-bond donors (Lipinski definition) is 1. The van der Waals surface area contributed by atoms with Gasteiger partial charge in [0.2, 0.25) is 21.8 Å². The number of nitrogens with zero attached hydrogens (tertiary/aromatic N) is 2. The Hall–Kier alpha value is -2.87. The summed E-state index contributed by atoms with van der Waals surface area (Å²) in [4.78, 5) is 27.8. The summed E-state index contributed by atoms with van der Waals surface area (Å²) in [6.45, 7) is 12.6. The number of anilines is 1. The highest BCUT2D eigenvalue weighted by molar-refractivity contribution is 7.92. The minimum atomic E-state index is -3.53. The fourth-order valence-electron chi connectivity index (χ4n) is 3.91. The zero-order chi connectivity index (χ0) is 27.0. The lowest BCUT2D eigenvalue weighted by Crippen LogP contribution is -2.48. The molecule has 2 aromatic carbocycles. The molecule has 0 radical (unpaired) electrons. The number of nitrogens with one attached hydrogen (secondary N) is 1. The second kappa shape index (κ2) is 12.9. The minimum absolute atomic E-state index is 0.130. The first-order chi connectivity index (χ1) is 16.8. The van der Waals surface area contributed by atoms with Crippen molar-refractivity contribution in [3.05, 3.63) is 64.7 Å². The SMILES string of the molecule is Cc1ccc(CN(C(=O)CCCN(c2cccc(C)c2C)S(C)(=O)=O)[C@@H](C)C(=O)NCC(C)C)cc1. The van der Waals surface area contributed by atoms with E-state index in [0.717, 1.165) is 22.3 Å². The van der Waals surface area contributed by atoms with Crippen molar-refractivity contribution in [2.45, 2.75) is 67.0 Å². The molecule has 1 atom stereocenters. The predicted octanol–water partition coefficient (Wildman–Crippen LogP) is 4.35. The smallest absolute Gasteiger partial charge is 0.242 e. The Morgan fingerprint density at radius 2 is 1.61 bits per heavy atom. The third-order valence-corrected chi connectivity index (χ3v) is 7.50. The summed E-state index contributed by atoms with van der Waals surface area (Å²) in [6, 6.07) is 12.8. The van der Waals surface area contributed by atoms with Gasteiger partial charge in [-0.3, -0.25) is 13.9 Å². The second-order valence-electron chi connectivity index (χ2n) is 9.98. The quantitative estimate of drug-likeness (QED) is 0.455. The molecule has 0 aliphatic rings. The summed E-state index contributed by atoms with van der Waals surface area (Å²) in [5.41, 5.74) is 4.58. The molecule has 0 spiro atoms. The van der Waals surface area contributed by atoms with Crippen LogP contribution in [0.15, 0.2) is 42.5 Å². The molecule has 2 aromatic rings. The molecular weight excluding hydrogens is 474 g/mol. The van der Waals surface area contributed by atoms with E-state index in [2.05, 4.69) is 5.32 Å². The average Bonchev–Trinajstić information content (AvgIpc) is 2.80. The molecule has 0 saturated carbocycles. The fraction of sp³-hybridized carbons (Fsp3) is 0.500. The Bertz CT molecular complexity index is 1140. The molecule has 0 saturated heterocycles. The number of carbonyl (C=O) groups is 2. The third-order valence-electron chi connectivity index (χ3n) is 6.32. The van der Waals surface area contributed by atoms with Gasteiger partial charge in [-0.2, -0.15) is 0 Å². The monoisotopic (exact) mass is 515 g/mol. The van der Waals surface area contributed by atoms with Crippen molar-refractivity contribution in [3.63, 3.8) is 0 Å². The fourth-order valence-corrected chi connectivity index (χ4v) is 4.93. The average molecular weight is 516 g/mol. The van der Waals surface area contributed by atoms with E-state index in [4.69, 9.17) is 0 Å². The van der Waals surface area contributed by atoms with Gasteiger partial charge in [0.15, 0.2) is 0 Å². The van der Waals surface area contributed by atoms with Gasteiger partial charge in [-0.25, -0.2) is 8.42 Å². The van der Waals surface area contributed by atoms with Crippen LogP contribution in [0.2, 0.25) is 0 Å². The molecule has 0 fully saturated rings. The minimum Gasteiger partial charge on any atom is -0.354 e. The molecule has 198 valence electrons. The molecule has 0 aliphatic heterocycles. The van der Waals surface area contributed by atoms with Crippen LogP contribution >= 0.6 is 0 Å². The molecule has 2 rings (SSSR count). The van der Waals surface area contributed by atoms with E-state index in [9.17, 15) is 18.0 Å². The van der Waals surface area contributed by atoms with Gasteiger partial charge in [-0.15, -0.1) is 0 Å². The topological polar surface area (TPSA) is 86.8 Å². The molecule has 0 unspecified atom stereocenters. The summed E-state index contributed by atoms with van der Waals surface area (Å²) in [5, 5.41) is 2.92. The van der Waals surface area contributed by atoms with Crippen LogP contribution in [0.1, 0.15) is 55.9 Å². The zero-order valence-electron chi connectivity index (χ0n) is 22.7. The predicted molar refractivity (Wildman–Crippen MR) is 146 cm³/mol. The first-order valence-electron chi connectivity index (χ1n) is 12.5. The Morgan fingerprint density at radius 1 is 0.972 bits per heavy atom. The van der Waals surface area contributed by atoms with E-state index < -0.39 is 16.1 Å². The van der Waals surface area contributed by atoms with E-state index in [1.54, 1.807) is 17.9 Å². The van der Waals surface area contributed by atoms with Gasteiger partial charge in [-0.05, 0) is 62.8 Å². The van der Waals surface area contributed by atoms with Crippen LogP contribution in [0.4, 0.5) is 5.69 Å². The Morgan fingerprint density at radius 3 is 2.19 bits per heavy atom. The van der Waals surface area contributed by atoms with Crippen molar-refractivity contribution in [1.29, 1.82) is 0 Å². The van der Waals surface area contributed by atoms with Crippen LogP contribution in [0.25, 0.3) is 0 Å². The van der Waals surface area contributed by atoms with Gasteiger partial charge in [-0.1, -0.05) is 55.8 Å². The number of aryl methyl sites for hydroxylation is 2. The molecule has 1 N–H and O–H groups in total. The lowest BCUT2D eigenvalue weighted by atomic mass is 10.1. The highest BCUT2D eigenvalue weighted by Crippen LogP contribution is 2.25. The van der Waals surface area contributed by atoms with E-state index in [-0.39, 0.29) is 24.8 Å². The number of benzene rings is 2. The molecule has 0 heterocycles. The number of rotatable bonds is 12. The Balaban J connectivity index is 2.19. The van der Waals surface area contributed by atoms with E-state index >= 15 is 0 Å². The van der Waals surface area contributed by atoms with Gasteiger partial charge >= 0.3 is 0 Å². The number of sulfonamides is 1.